The first-order valence-corrected chi connectivity index (χ1v) is 10.2. The topological polar surface area (TPSA) is 84.7 Å². The van der Waals surface area contributed by atoms with Gasteiger partial charge in [-0.1, -0.05) is 18.6 Å². The number of unbranched alkanes of at least 4 members (excludes halogenated alkanes) is 2. The summed E-state index contributed by atoms with van der Waals surface area (Å²) in [6.07, 6.45) is 4.68. The lowest BCUT2D eigenvalue weighted by atomic mass is 10.1. The number of ether oxygens (including phenoxy) is 1. The fraction of sp³-hybridized carbons (Fsp3) is 0.348. The van der Waals surface area contributed by atoms with Gasteiger partial charge in [-0.3, -0.25) is 14.0 Å². The van der Waals surface area contributed by atoms with Gasteiger partial charge in [0, 0.05) is 19.2 Å². The molecule has 2 amide bonds. The number of amides is 2. The highest BCUT2D eigenvalue weighted by atomic mass is 16.5. The molecule has 0 saturated carbocycles. The van der Waals surface area contributed by atoms with Gasteiger partial charge in [0.05, 0.1) is 18.5 Å². The lowest BCUT2D eigenvalue weighted by molar-refractivity contribution is -0.116. The number of carbonyl (C=O) groups excluding carboxylic acids is 2. The molecule has 0 bridgehead atoms. The molecule has 3 aromatic rings. The third-order valence-corrected chi connectivity index (χ3v) is 4.91. The molecule has 0 aliphatic rings. The molecule has 158 valence electrons. The van der Waals surface area contributed by atoms with Gasteiger partial charge in [0.15, 0.2) is 0 Å². The minimum Gasteiger partial charge on any atom is -0.495 e. The second-order valence-electron chi connectivity index (χ2n) is 7.29. The van der Waals surface area contributed by atoms with Crippen molar-refractivity contribution in [1.82, 2.24) is 14.7 Å². The zero-order valence-corrected chi connectivity index (χ0v) is 17.7. The van der Waals surface area contributed by atoms with Crippen molar-refractivity contribution < 1.29 is 14.3 Å². The number of pyridine rings is 1. The van der Waals surface area contributed by atoms with E-state index in [0.717, 1.165) is 30.5 Å². The predicted molar refractivity (Wildman–Crippen MR) is 117 cm³/mol. The van der Waals surface area contributed by atoms with Crippen molar-refractivity contribution >= 4 is 23.1 Å². The number of rotatable bonds is 9. The smallest absolute Gasteiger partial charge is 0.270 e. The summed E-state index contributed by atoms with van der Waals surface area (Å²) >= 11 is 0. The van der Waals surface area contributed by atoms with Crippen LogP contribution >= 0.6 is 0 Å². The first kappa shape index (κ1) is 21.4. The quantitative estimate of drug-likeness (QED) is 0.526. The number of carbonyl (C=O) groups is 2. The van der Waals surface area contributed by atoms with E-state index in [4.69, 9.17) is 4.74 Å². The van der Waals surface area contributed by atoms with E-state index < -0.39 is 0 Å². The lowest BCUT2D eigenvalue weighted by Crippen LogP contribution is -2.26. The van der Waals surface area contributed by atoms with Crippen molar-refractivity contribution in [3.63, 3.8) is 0 Å². The van der Waals surface area contributed by atoms with Crippen LogP contribution in [-0.2, 0) is 4.79 Å². The summed E-state index contributed by atoms with van der Waals surface area (Å²) < 4.78 is 7.09. The van der Waals surface area contributed by atoms with E-state index in [9.17, 15) is 9.59 Å². The van der Waals surface area contributed by atoms with Crippen LogP contribution in [-0.4, -0.2) is 34.9 Å². The van der Waals surface area contributed by atoms with Crippen molar-refractivity contribution in [2.24, 2.45) is 0 Å². The monoisotopic (exact) mass is 408 g/mol. The summed E-state index contributed by atoms with van der Waals surface area (Å²) in [4.78, 5) is 29.1. The zero-order valence-electron chi connectivity index (χ0n) is 17.7. The Balaban J connectivity index is 1.39. The van der Waals surface area contributed by atoms with E-state index >= 15 is 0 Å². The van der Waals surface area contributed by atoms with Gasteiger partial charge in [-0.2, -0.15) is 0 Å². The summed E-state index contributed by atoms with van der Waals surface area (Å²) in [6, 6.07) is 11.3. The van der Waals surface area contributed by atoms with Gasteiger partial charge in [-0.15, -0.1) is 0 Å². The van der Waals surface area contributed by atoms with Gasteiger partial charge in [0.1, 0.15) is 17.1 Å². The Morgan fingerprint density at radius 2 is 1.93 bits per heavy atom. The molecule has 0 saturated heterocycles. The van der Waals surface area contributed by atoms with E-state index in [-0.39, 0.29) is 11.8 Å². The molecular formula is C23H28N4O3. The second kappa shape index (κ2) is 9.91. The molecule has 0 aliphatic carbocycles. The molecule has 2 heterocycles. The first-order chi connectivity index (χ1) is 14.5. The summed E-state index contributed by atoms with van der Waals surface area (Å²) in [6.45, 7) is 4.37. The number of imidazole rings is 1. The summed E-state index contributed by atoms with van der Waals surface area (Å²) in [7, 11) is 1.59. The van der Waals surface area contributed by atoms with Crippen molar-refractivity contribution in [2.45, 2.75) is 39.5 Å². The van der Waals surface area contributed by atoms with E-state index in [1.807, 2.05) is 56.4 Å². The summed E-state index contributed by atoms with van der Waals surface area (Å²) in [5.41, 5.74) is 3.79. The van der Waals surface area contributed by atoms with E-state index in [0.29, 0.717) is 35.8 Å². The average molecular weight is 409 g/mol. The van der Waals surface area contributed by atoms with Crippen molar-refractivity contribution in [1.29, 1.82) is 0 Å². The average Bonchev–Trinajstić information content (AvgIpc) is 3.06. The van der Waals surface area contributed by atoms with E-state index in [1.54, 1.807) is 11.5 Å². The Morgan fingerprint density at radius 1 is 1.10 bits per heavy atom. The van der Waals surface area contributed by atoms with Gasteiger partial charge < -0.3 is 15.4 Å². The van der Waals surface area contributed by atoms with Crippen LogP contribution in [0.1, 0.15) is 47.4 Å². The molecule has 2 N–H and O–H groups in total. The second-order valence-corrected chi connectivity index (χ2v) is 7.29. The molecule has 0 fully saturated rings. The van der Waals surface area contributed by atoms with Crippen LogP contribution in [0.3, 0.4) is 0 Å². The Bertz CT molecular complexity index is 1040. The Hall–Kier alpha value is -3.35. The van der Waals surface area contributed by atoms with Gasteiger partial charge in [-0.05, 0) is 56.5 Å². The number of hydrogen-bond acceptors (Lipinski definition) is 4. The van der Waals surface area contributed by atoms with Crippen LogP contribution in [0.25, 0.3) is 5.65 Å². The summed E-state index contributed by atoms with van der Waals surface area (Å²) in [5, 5.41) is 5.86. The van der Waals surface area contributed by atoms with Crippen LogP contribution in [0.4, 0.5) is 5.69 Å². The molecule has 0 spiro atoms. The largest absolute Gasteiger partial charge is 0.495 e. The number of fused-ring (bicyclic) bond motifs is 1. The highest BCUT2D eigenvalue weighted by Crippen LogP contribution is 2.25. The van der Waals surface area contributed by atoms with Crippen molar-refractivity contribution in [3.8, 4) is 5.75 Å². The number of nitrogens with one attached hydrogen (secondary N) is 2. The number of anilines is 1. The molecule has 1 aromatic carbocycles. The third-order valence-electron chi connectivity index (χ3n) is 4.91. The number of aryl methyl sites for hydroxylation is 2. The number of nitrogens with zero attached hydrogens (tertiary/aromatic N) is 2. The lowest BCUT2D eigenvalue weighted by Gasteiger charge is -2.11. The van der Waals surface area contributed by atoms with E-state index in [1.165, 1.54) is 0 Å². The Labute approximate surface area is 176 Å². The number of aromatic nitrogens is 2. The molecule has 3 rings (SSSR count). The third kappa shape index (κ3) is 5.17. The molecule has 0 radical (unpaired) electrons. The van der Waals surface area contributed by atoms with Crippen LogP contribution in [0.15, 0.2) is 42.6 Å². The molecule has 7 heteroatoms. The maximum atomic E-state index is 12.5. The highest BCUT2D eigenvalue weighted by molar-refractivity contribution is 5.94. The fourth-order valence-corrected chi connectivity index (χ4v) is 3.39. The molecule has 0 aliphatic heterocycles. The number of methoxy groups -OCH3 is 1. The molecular weight excluding hydrogens is 380 g/mol. The van der Waals surface area contributed by atoms with Crippen LogP contribution < -0.4 is 15.4 Å². The van der Waals surface area contributed by atoms with Gasteiger partial charge in [-0.25, -0.2) is 4.98 Å². The highest BCUT2D eigenvalue weighted by Gasteiger charge is 2.15. The van der Waals surface area contributed by atoms with Crippen LogP contribution in [0.5, 0.6) is 5.75 Å². The maximum absolute atomic E-state index is 12.5. The maximum Gasteiger partial charge on any atom is 0.270 e. The SMILES string of the molecule is COc1ccc(C)cc1NC(=O)CCCCCNC(=O)c1c(C)nc2ccccn12. The minimum atomic E-state index is -0.129. The van der Waals surface area contributed by atoms with Gasteiger partial charge in [0.25, 0.3) is 5.91 Å². The number of benzene rings is 1. The van der Waals surface area contributed by atoms with Crippen molar-refractivity contribution in [3.05, 3.63) is 59.5 Å². The Morgan fingerprint density at radius 3 is 2.73 bits per heavy atom. The molecule has 2 aromatic heterocycles. The fourth-order valence-electron chi connectivity index (χ4n) is 3.39. The zero-order chi connectivity index (χ0) is 21.5. The summed E-state index contributed by atoms with van der Waals surface area (Å²) in [5.74, 6) is 0.485. The van der Waals surface area contributed by atoms with E-state index in [2.05, 4.69) is 15.6 Å². The predicted octanol–water partition coefficient (Wildman–Crippen LogP) is 3.89. The first-order valence-electron chi connectivity index (χ1n) is 10.2. The Kier molecular flexibility index (Phi) is 7.06. The van der Waals surface area contributed by atoms with Crippen molar-refractivity contribution in [2.75, 3.05) is 19.0 Å². The molecule has 30 heavy (non-hydrogen) atoms. The molecule has 7 nitrogen and oxygen atoms in total. The standard InChI is InChI=1S/C23H28N4O3/c1-16-11-12-19(30-3)18(15-16)26-21(28)10-5-4-7-13-24-23(29)22-17(2)25-20-9-6-8-14-27(20)22/h6,8-9,11-12,14-15H,4-5,7,10,13H2,1-3H3,(H,24,29)(H,26,28). The number of hydrogen-bond donors (Lipinski definition) is 2. The van der Waals surface area contributed by atoms with Crippen LogP contribution in [0, 0.1) is 13.8 Å². The van der Waals surface area contributed by atoms with Gasteiger partial charge in [0.2, 0.25) is 5.91 Å². The normalized spacial score (nSPS) is 10.8. The van der Waals surface area contributed by atoms with Gasteiger partial charge >= 0.3 is 0 Å². The minimum absolute atomic E-state index is 0.0377. The molecule has 0 atom stereocenters. The van der Waals surface area contributed by atoms with Crippen LogP contribution in [0.2, 0.25) is 0 Å². The molecule has 0 unspecified atom stereocenters.